The van der Waals surface area contributed by atoms with Crippen LogP contribution in [-0.4, -0.2) is 34.4 Å². The number of benzene rings is 1. The van der Waals surface area contributed by atoms with Gasteiger partial charge in [-0.2, -0.15) is 10.1 Å². The normalized spacial score (nSPS) is 25.2. The summed E-state index contributed by atoms with van der Waals surface area (Å²) >= 11 is 6.88. The van der Waals surface area contributed by atoms with E-state index in [2.05, 4.69) is 37.0 Å². The molecule has 0 radical (unpaired) electrons. The topological polar surface area (TPSA) is 67.9 Å². The molecule has 21 heavy (non-hydrogen) atoms. The Morgan fingerprint density at radius 1 is 1.52 bits per heavy atom. The number of hydrazone groups is 1. The molecule has 5 nitrogen and oxygen atoms in total. The molecule has 1 aliphatic rings. The minimum atomic E-state index is -0.731. The molecule has 0 bridgehead atoms. The fourth-order valence-electron chi connectivity index (χ4n) is 1.80. The predicted octanol–water partition coefficient (Wildman–Crippen LogP) is 2.66. The van der Waals surface area contributed by atoms with Crippen molar-refractivity contribution in [3.8, 4) is 5.75 Å². The van der Waals surface area contributed by atoms with E-state index in [0.29, 0.717) is 24.6 Å². The first-order valence-corrected chi connectivity index (χ1v) is 8.32. The molecule has 1 aliphatic heterocycles. The van der Waals surface area contributed by atoms with E-state index in [0.717, 1.165) is 6.42 Å². The number of ether oxygens (including phenoxy) is 1. The third kappa shape index (κ3) is 3.64. The van der Waals surface area contributed by atoms with E-state index < -0.39 is 4.32 Å². The molecule has 2 rings (SSSR count). The summed E-state index contributed by atoms with van der Waals surface area (Å²) in [7, 11) is 0. The molecular weight excluding hydrogens is 402 g/mol. The Labute approximate surface area is 140 Å². The van der Waals surface area contributed by atoms with Gasteiger partial charge in [-0.05, 0) is 32.0 Å². The van der Waals surface area contributed by atoms with Crippen molar-refractivity contribution in [2.75, 3.05) is 18.2 Å². The molecule has 114 valence electrons. The van der Waals surface area contributed by atoms with Crippen molar-refractivity contribution in [2.24, 2.45) is 10.8 Å². The van der Waals surface area contributed by atoms with Crippen LogP contribution < -0.4 is 15.5 Å². The van der Waals surface area contributed by atoms with Gasteiger partial charge >= 0.3 is 0 Å². The summed E-state index contributed by atoms with van der Waals surface area (Å²) in [5.41, 5.74) is 6.11. The molecule has 2 unspecified atom stereocenters. The standard InChI is InChI=1S/C14H17Br2N3O2/c1-14(16)12(15)9-18-19(13(14)20)10-4-2-5-11(8-10)21-7-3-6-17/h2,4-5,8-9,12H,3,6-7,17H2,1H3. The second kappa shape index (κ2) is 6.89. The van der Waals surface area contributed by atoms with Crippen LogP contribution >= 0.6 is 31.9 Å². The van der Waals surface area contributed by atoms with Crippen molar-refractivity contribution >= 4 is 49.7 Å². The second-order valence-electron chi connectivity index (χ2n) is 4.85. The van der Waals surface area contributed by atoms with Crippen LogP contribution in [0.15, 0.2) is 29.4 Å². The number of anilines is 1. The van der Waals surface area contributed by atoms with Crippen molar-refractivity contribution in [3.05, 3.63) is 24.3 Å². The van der Waals surface area contributed by atoms with Gasteiger partial charge in [0.05, 0.1) is 17.1 Å². The number of rotatable bonds is 5. The maximum Gasteiger partial charge on any atom is 0.265 e. The smallest absolute Gasteiger partial charge is 0.265 e. The average Bonchev–Trinajstić information content (AvgIpc) is 2.46. The van der Waals surface area contributed by atoms with E-state index in [1.807, 2.05) is 25.1 Å². The number of carbonyl (C=O) groups excluding carboxylic acids is 1. The molecule has 7 heteroatoms. The highest BCUT2D eigenvalue weighted by Gasteiger charge is 2.43. The zero-order valence-electron chi connectivity index (χ0n) is 11.6. The summed E-state index contributed by atoms with van der Waals surface area (Å²) in [5.74, 6) is 0.562. The number of amides is 1. The summed E-state index contributed by atoms with van der Waals surface area (Å²) < 4.78 is 4.86. The van der Waals surface area contributed by atoms with Crippen LogP contribution in [0.3, 0.4) is 0 Å². The molecule has 1 amide bonds. The van der Waals surface area contributed by atoms with Crippen LogP contribution in [0.1, 0.15) is 13.3 Å². The van der Waals surface area contributed by atoms with Gasteiger partial charge in [-0.3, -0.25) is 4.79 Å². The van der Waals surface area contributed by atoms with Crippen molar-refractivity contribution in [1.29, 1.82) is 0 Å². The summed E-state index contributed by atoms with van der Waals surface area (Å²) in [6.45, 7) is 2.95. The maximum atomic E-state index is 12.5. The van der Waals surface area contributed by atoms with Crippen molar-refractivity contribution in [1.82, 2.24) is 0 Å². The first-order chi connectivity index (χ1) is 9.96. The highest BCUT2D eigenvalue weighted by atomic mass is 79.9. The van der Waals surface area contributed by atoms with Gasteiger partial charge in [-0.1, -0.05) is 37.9 Å². The molecule has 0 spiro atoms. The van der Waals surface area contributed by atoms with Gasteiger partial charge in [0.15, 0.2) is 0 Å². The summed E-state index contributed by atoms with van der Waals surface area (Å²) in [4.78, 5) is 12.4. The molecule has 1 heterocycles. The number of carbonyl (C=O) groups is 1. The van der Waals surface area contributed by atoms with E-state index in [1.54, 1.807) is 12.3 Å². The molecule has 1 aromatic rings. The molecule has 0 saturated carbocycles. The number of hydrogen-bond acceptors (Lipinski definition) is 4. The predicted molar refractivity (Wildman–Crippen MR) is 91.6 cm³/mol. The van der Waals surface area contributed by atoms with Crippen LogP contribution in [0.25, 0.3) is 0 Å². The highest BCUT2D eigenvalue weighted by Crippen LogP contribution is 2.35. The van der Waals surface area contributed by atoms with Gasteiger partial charge in [0, 0.05) is 12.3 Å². The molecular formula is C14H17Br2N3O2. The summed E-state index contributed by atoms with van der Waals surface area (Å²) in [5, 5.41) is 5.58. The Morgan fingerprint density at radius 2 is 2.29 bits per heavy atom. The quantitative estimate of drug-likeness (QED) is 0.590. The van der Waals surface area contributed by atoms with E-state index in [1.165, 1.54) is 5.01 Å². The Bertz CT molecular complexity index is 549. The van der Waals surface area contributed by atoms with Gasteiger partial charge in [-0.15, -0.1) is 0 Å². The zero-order chi connectivity index (χ0) is 15.5. The molecule has 0 fully saturated rings. The molecule has 2 N–H and O–H groups in total. The number of nitrogens with two attached hydrogens (primary N) is 1. The number of halogens is 2. The largest absolute Gasteiger partial charge is 0.493 e. The third-order valence-corrected chi connectivity index (χ3v) is 5.72. The SMILES string of the molecule is CC1(Br)C(=O)N(c2cccc(OCCCN)c2)N=CC1Br. The Kier molecular flexibility index (Phi) is 5.40. The van der Waals surface area contributed by atoms with E-state index in [4.69, 9.17) is 10.5 Å². The Balaban J connectivity index is 2.20. The fraction of sp³-hybridized carbons (Fsp3) is 0.429. The molecule has 2 atom stereocenters. The molecule has 0 aromatic heterocycles. The van der Waals surface area contributed by atoms with Crippen LogP contribution in [0.4, 0.5) is 5.69 Å². The monoisotopic (exact) mass is 417 g/mol. The summed E-state index contributed by atoms with van der Waals surface area (Å²) in [6.07, 6.45) is 2.48. The first-order valence-electron chi connectivity index (χ1n) is 6.61. The lowest BCUT2D eigenvalue weighted by Crippen LogP contribution is -2.50. The number of hydrogen-bond donors (Lipinski definition) is 1. The van der Waals surface area contributed by atoms with Crippen LogP contribution in [-0.2, 0) is 4.79 Å². The maximum absolute atomic E-state index is 12.5. The van der Waals surface area contributed by atoms with Gasteiger partial charge in [-0.25, -0.2) is 0 Å². The van der Waals surface area contributed by atoms with E-state index >= 15 is 0 Å². The third-order valence-electron chi connectivity index (χ3n) is 3.12. The molecule has 1 aromatic carbocycles. The van der Waals surface area contributed by atoms with Gasteiger partial charge in [0.25, 0.3) is 5.91 Å². The lowest BCUT2D eigenvalue weighted by atomic mass is 10.1. The van der Waals surface area contributed by atoms with Crippen LogP contribution in [0.2, 0.25) is 0 Å². The van der Waals surface area contributed by atoms with Crippen molar-refractivity contribution < 1.29 is 9.53 Å². The number of nitrogens with zero attached hydrogens (tertiary/aromatic N) is 2. The Hall–Kier alpha value is -0.920. The van der Waals surface area contributed by atoms with Crippen molar-refractivity contribution in [3.63, 3.8) is 0 Å². The Morgan fingerprint density at radius 3 is 3.00 bits per heavy atom. The van der Waals surface area contributed by atoms with E-state index in [9.17, 15) is 4.79 Å². The average molecular weight is 419 g/mol. The van der Waals surface area contributed by atoms with Gasteiger partial charge in [0.2, 0.25) is 0 Å². The summed E-state index contributed by atoms with van der Waals surface area (Å²) in [6, 6.07) is 7.30. The second-order valence-corrected chi connectivity index (χ2v) is 7.48. The van der Waals surface area contributed by atoms with Gasteiger partial charge in [0.1, 0.15) is 10.1 Å². The fourth-order valence-corrected chi connectivity index (χ4v) is 2.39. The lowest BCUT2D eigenvalue weighted by Gasteiger charge is -2.33. The zero-order valence-corrected chi connectivity index (χ0v) is 14.8. The van der Waals surface area contributed by atoms with Crippen molar-refractivity contribution in [2.45, 2.75) is 22.5 Å². The molecule has 0 saturated heterocycles. The van der Waals surface area contributed by atoms with Crippen LogP contribution in [0.5, 0.6) is 5.75 Å². The molecule has 0 aliphatic carbocycles. The first kappa shape index (κ1) is 16.5. The van der Waals surface area contributed by atoms with E-state index in [-0.39, 0.29) is 10.7 Å². The van der Waals surface area contributed by atoms with Gasteiger partial charge < -0.3 is 10.5 Å². The minimum absolute atomic E-state index is 0.133. The van der Waals surface area contributed by atoms with Crippen LogP contribution in [0, 0.1) is 0 Å². The highest BCUT2D eigenvalue weighted by molar-refractivity contribution is 9.13. The minimum Gasteiger partial charge on any atom is -0.493 e. The number of alkyl halides is 2. The lowest BCUT2D eigenvalue weighted by molar-refractivity contribution is -0.120.